The lowest BCUT2D eigenvalue weighted by Gasteiger charge is -2.31. The predicted octanol–water partition coefficient (Wildman–Crippen LogP) is 1.78. The lowest BCUT2D eigenvalue weighted by atomic mass is 10.1. The zero-order valence-corrected chi connectivity index (χ0v) is 18.8. The molecule has 1 amide bonds. The maximum absolute atomic E-state index is 11.9. The molecule has 0 unspecified atom stereocenters. The molecule has 0 radical (unpaired) electrons. The Labute approximate surface area is 185 Å². The second-order valence-electron chi connectivity index (χ2n) is 7.71. The molecule has 172 valence electrons. The highest BCUT2D eigenvalue weighted by Gasteiger charge is 2.27. The van der Waals surface area contributed by atoms with Gasteiger partial charge < -0.3 is 19.1 Å². The minimum absolute atomic E-state index is 0.0912. The molecule has 0 aromatic carbocycles. The second-order valence-corrected chi connectivity index (χ2v) is 7.71. The van der Waals surface area contributed by atoms with Gasteiger partial charge in [-0.2, -0.15) is 10.1 Å². The zero-order chi connectivity index (χ0) is 22.7. The number of likely N-dealkylation sites (tertiary alicyclic amines) is 1. The quantitative estimate of drug-likeness (QED) is 0.536. The summed E-state index contributed by atoms with van der Waals surface area (Å²) in [7, 11) is 3.51. The molecule has 1 fully saturated rings. The summed E-state index contributed by atoms with van der Waals surface area (Å²) < 4.78 is 19.9. The van der Waals surface area contributed by atoms with Crippen molar-refractivity contribution in [3.05, 3.63) is 23.1 Å². The molecular formula is C20H28N8O4. The molecule has 4 heterocycles. The van der Waals surface area contributed by atoms with Crippen LogP contribution in [0.25, 0.3) is 11.0 Å². The first-order valence-electron chi connectivity index (χ1n) is 10.6. The number of aryl methyl sites for hydroxylation is 2. The van der Waals surface area contributed by atoms with Crippen molar-refractivity contribution in [2.75, 3.05) is 26.8 Å². The molecule has 0 spiro atoms. The molecule has 0 aliphatic carbocycles. The number of tetrazole rings is 1. The van der Waals surface area contributed by atoms with E-state index in [1.54, 1.807) is 28.3 Å². The smallest absolute Gasteiger partial charge is 0.409 e. The fourth-order valence-electron chi connectivity index (χ4n) is 4.09. The Morgan fingerprint density at radius 3 is 2.75 bits per heavy atom. The Morgan fingerprint density at radius 1 is 1.25 bits per heavy atom. The average molecular weight is 444 g/mol. The summed E-state index contributed by atoms with van der Waals surface area (Å²) in [6.45, 7) is 5.93. The number of amides is 1. The fraction of sp³-hybridized carbons (Fsp3) is 0.600. The van der Waals surface area contributed by atoms with Crippen LogP contribution in [0.15, 0.2) is 6.07 Å². The number of fused-ring (bicyclic) bond motifs is 1. The molecule has 12 nitrogen and oxygen atoms in total. The van der Waals surface area contributed by atoms with Crippen LogP contribution in [0.1, 0.15) is 42.9 Å². The van der Waals surface area contributed by atoms with E-state index in [2.05, 4.69) is 25.6 Å². The Balaban J connectivity index is 1.46. The number of hydrogen-bond acceptors (Lipinski definition) is 9. The Morgan fingerprint density at radius 2 is 2.03 bits per heavy atom. The lowest BCUT2D eigenvalue weighted by molar-refractivity contribution is 0.0906. The van der Waals surface area contributed by atoms with Crippen molar-refractivity contribution in [2.45, 2.75) is 45.9 Å². The van der Waals surface area contributed by atoms with Crippen molar-refractivity contribution < 1.29 is 19.0 Å². The van der Waals surface area contributed by atoms with E-state index in [0.717, 1.165) is 35.1 Å². The van der Waals surface area contributed by atoms with E-state index in [-0.39, 0.29) is 18.7 Å². The van der Waals surface area contributed by atoms with E-state index in [9.17, 15) is 4.79 Å². The van der Waals surface area contributed by atoms with Crippen molar-refractivity contribution in [1.29, 1.82) is 0 Å². The first-order valence-corrected chi connectivity index (χ1v) is 10.6. The van der Waals surface area contributed by atoms with Crippen molar-refractivity contribution >= 4 is 17.1 Å². The van der Waals surface area contributed by atoms with Crippen LogP contribution in [0.3, 0.4) is 0 Å². The minimum Gasteiger partial charge on any atom is -0.469 e. The number of rotatable bonds is 7. The number of carbonyl (C=O) groups excluding carboxylic acids is 1. The zero-order valence-electron chi connectivity index (χ0n) is 18.8. The van der Waals surface area contributed by atoms with Crippen molar-refractivity contribution in [2.24, 2.45) is 7.05 Å². The van der Waals surface area contributed by atoms with Gasteiger partial charge in [0, 0.05) is 38.7 Å². The summed E-state index contributed by atoms with van der Waals surface area (Å²) in [5.41, 5.74) is 2.59. The van der Waals surface area contributed by atoms with Crippen LogP contribution in [0.5, 0.6) is 5.88 Å². The van der Waals surface area contributed by atoms with Gasteiger partial charge in [0.2, 0.25) is 5.88 Å². The van der Waals surface area contributed by atoms with Gasteiger partial charge in [0.25, 0.3) is 0 Å². The van der Waals surface area contributed by atoms with Crippen LogP contribution >= 0.6 is 0 Å². The van der Waals surface area contributed by atoms with Gasteiger partial charge in [-0.25, -0.2) is 9.48 Å². The summed E-state index contributed by atoms with van der Waals surface area (Å²) in [6, 6.07) is 1.96. The molecular weight excluding hydrogens is 416 g/mol. The largest absolute Gasteiger partial charge is 0.469 e. The van der Waals surface area contributed by atoms with Crippen LogP contribution in [0, 0.1) is 6.92 Å². The number of aromatic nitrogens is 7. The Bertz CT molecular complexity index is 1090. The van der Waals surface area contributed by atoms with Crippen LogP contribution in [-0.2, 0) is 29.7 Å². The van der Waals surface area contributed by atoms with Crippen molar-refractivity contribution in [1.82, 2.24) is 39.9 Å². The number of hydrogen-bond donors (Lipinski definition) is 0. The van der Waals surface area contributed by atoms with Crippen LogP contribution in [0.2, 0.25) is 0 Å². The number of methoxy groups -OCH3 is 1. The maximum Gasteiger partial charge on any atom is 0.409 e. The maximum atomic E-state index is 11.9. The minimum atomic E-state index is -0.273. The molecule has 0 atom stereocenters. The monoisotopic (exact) mass is 444 g/mol. The highest BCUT2D eigenvalue weighted by molar-refractivity contribution is 5.82. The summed E-state index contributed by atoms with van der Waals surface area (Å²) in [5, 5.41) is 17.6. The molecule has 32 heavy (non-hydrogen) atoms. The molecule has 1 aliphatic rings. The van der Waals surface area contributed by atoms with Crippen molar-refractivity contribution in [3.63, 3.8) is 0 Å². The fourth-order valence-corrected chi connectivity index (χ4v) is 4.09. The van der Waals surface area contributed by atoms with Gasteiger partial charge in [-0.1, -0.05) is 0 Å². The van der Waals surface area contributed by atoms with E-state index in [0.29, 0.717) is 38.0 Å². The Kier molecular flexibility index (Phi) is 6.49. The van der Waals surface area contributed by atoms with Crippen LogP contribution in [0.4, 0.5) is 4.79 Å². The van der Waals surface area contributed by atoms with E-state index >= 15 is 0 Å². The van der Waals surface area contributed by atoms with E-state index in [4.69, 9.17) is 14.2 Å². The predicted molar refractivity (Wildman–Crippen MR) is 113 cm³/mol. The average Bonchev–Trinajstić information content (AvgIpc) is 3.37. The molecule has 1 saturated heterocycles. The third-order valence-corrected chi connectivity index (χ3v) is 5.57. The van der Waals surface area contributed by atoms with Crippen LogP contribution < -0.4 is 4.74 Å². The first kappa shape index (κ1) is 21.9. The molecule has 3 aromatic heterocycles. The molecule has 4 rings (SSSR count). The van der Waals surface area contributed by atoms with Gasteiger partial charge in [-0.05, 0) is 42.7 Å². The summed E-state index contributed by atoms with van der Waals surface area (Å²) >= 11 is 0. The highest BCUT2D eigenvalue weighted by Crippen LogP contribution is 2.27. The molecule has 3 aromatic rings. The van der Waals surface area contributed by atoms with Gasteiger partial charge >= 0.3 is 6.09 Å². The first-order chi connectivity index (χ1) is 15.5. The normalized spacial score (nSPS) is 14.8. The molecule has 1 aliphatic heterocycles. The summed E-state index contributed by atoms with van der Waals surface area (Å²) in [5.74, 6) is 1.06. The van der Waals surface area contributed by atoms with Gasteiger partial charge in [0.1, 0.15) is 0 Å². The lowest BCUT2D eigenvalue weighted by Crippen LogP contribution is -2.39. The molecule has 0 saturated carbocycles. The topological polar surface area (TPSA) is 122 Å². The number of nitrogens with zero attached hydrogens (tertiary/aromatic N) is 8. The van der Waals surface area contributed by atoms with Gasteiger partial charge in [-0.15, -0.1) is 5.10 Å². The number of pyridine rings is 1. The van der Waals surface area contributed by atoms with E-state index in [1.165, 1.54) is 0 Å². The van der Waals surface area contributed by atoms with Crippen molar-refractivity contribution in [3.8, 4) is 5.88 Å². The highest BCUT2D eigenvalue weighted by atomic mass is 16.6. The van der Waals surface area contributed by atoms with E-state index < -0.39 is 0 Å². The van der Waals surface area contributed by atoms with E-state index in [1.807, 2.05) is 20.0 Å². The molecule has 0 bridgehead atoms. The third kappa shape index (κ3) is 4.35. The third-order valence-electron chi connectivity index (χ3n) is 5.57. The van der Waals surface area contributed by atoms with Gasteiger partial charge in [-0.3, -0.25) is 4.68 Å². The molecule has 0 N–H and O–H groups in total. The standard InChI is InChI=1S/C20H28N8O4/c1-5-31-20(29)27-8-6-15(7-9-27)28-16(22-24-25-28)12-32-17-10-14(11-30-4)18-13(2)23-26(3)19(18)21-17/h10,15H,5-9,11-12H2,1-4H3. The number of carbonyl (C=O) groups is 1. The summed E-state index contributed by atoms with van der Waals surface area (Å²) in [4.78, 5) is 18.3. The SMILES string of the molecule is CCOC(=O)N1CCC(n2nnnc2COc2cc(COC)c3c(C)nn(C)c3n2)CC1. The second kappa shape index (κ2) is 9.47. The van der Waals surface area contributed by atoms with Crippen LogP contribution in [-0.4, -0.2) is 72.8 Å². The summed E-state index contributed by atoms with van der Waals surface area (Å²) in [6.07, 6.45) is 1.21. The Hall–Kier alpha value is -3.28. The van der Waals surface area contributed by atoms with Gasteiger partial charge in [0.05, 0.1) is 24.9 Å². The number of ether oxygens (including phenoxy) is 3. The number of piperidine rings is 1. The van der Waals surface area contributed by atoms with Gasteiger partial charge in [0.15, 0.2) is 18.1 Å². The molecule has 12 heteroatoms.